The Bertz CT molecular complexity index is 499. The summed E-state index contributed by atoms with van der Waals surface area (Å²) in [7, 11) is 0. The molecule has 0 saturated heterocycles. The molecule has 0 heterocycles. The van der Waals surface area contributed by atoms with Crippen LogP contribution in [0.15, 0.2) is 24.3 Å². The highest BCUT2D eigenvalue weighted by atomic mass is 19.3. The summed E-state index contributed by atoms with van der Waals surface area (Å²) < 4.78 is 29.3. The maximum absolute atomic E-state index is 12.4. The standard InChI is InChI=1S/C15H20F2N2O2/c1-10(19-13(20)15(9-18)7-4-8-15)11-5-2-3-6-12(11)21-14(16)17/h2-3,5-6,10,14H,4,7-9,18H2,1H3,(H,19,20). The van der Waals surface area contributed by atoms with Gasteiger partial charge in [0.2, 0.25) is 5.91 Å². The van der Waals surface area contributed by atoms with Gasteiger partial charge in [-0.15, -0.1) is 0 Å². The number of para-hydroxylation sites is 1. The molecule has 1 aromatic rings. The van der Waals surface area contributed by atoms with Crippen LogP contribution in [0.25, 0.3) is 0 Å². The van der Waals surface area contributed by atoms with Gasteiger partial charge in [0.05, 0.1) is 11.5 Å². The molecule has 4 nitrogen and oxygen atoms in total. The average Bonchev–Trinajstić information content (AvgIpc) is 2.37. The van der Waals surface area contributed by atoms with Gasteiger partial charge in [0.25, 0.3) is 0 Å². The molecule has 1 unspecified atom stereocenters. The van der Waals surface area contributed by atoms with Crippen LogP contribution >= 0.6 is 0 Å². The molecule has 0 aromatic heterocycles. The van der Waals surface area contributed by atoms with Crippen molar-refractivity contribution in [2.24, 2.45) is 11.1 Å². The second-order valence-electron chi connectivity index (χ2n) is 5.45. The molecule has 21 heavy (non-hydrogen) atoms. The van der Waals surface area contributed by atoms with E-state index >= 15 is 0 Å². The number of nitrogens with one attached hydrogen (secondary N) is 1. The van der Waals surface area contributed by atoms with Crippen LogP contribution in [0.1, 0.15) is 37.8 Å². The van der Waals surface area contributed by atoms with E-state index in [-0.39, 0.29) is 11.7 Å². The van der Waals surface area contributed by atoms with E-state index in [4.69, 9.17) is 5.73 Å². The monoisotopic (exact) mass is 298 g/mol. The van der Waals surface area contributed by atoms with Gasteiger partial charge in [0, 0.05) is 12.1 Å². The van der Waals surface area contributed by atoms with Gasteiger partial charge < -0.3 is 15.8 Å². The van der Waals surface area contributed by atoms with Crippen molar-refractivity contribution in [2.75, 3.05) is 6.54 Å². The number of rotatable bonds is 6. The fourth-order valence-corrected chi connectivity index (χ4v) is 2.60. The first-order valence-electron chi connectivity index (χ1n) is 7.03. The third kappa shape index (κ3) is 3.32. The van der Waals surface area contributed by atoms with E-state index in [9.17, 15) is 13.6 Å². The third-order valence-electron chi connectivity index (χ3n) is 4.13. The second kappa shape index (κ2) is 6.39. The van der Waals surface area contributed by atoms with Crippen LogP contribution in [0.3, 0.4) is 0 Å². The van der Waals surface area contributed by atoms with Gasteiger partial charge in [-0.25, -0.2) is 0 Å². The molecule has 2 rings (SSSR count). The van der Waals surface area contributed by atoms with Crippen LogP contribution in [0.5, 0.6) is 5.75 Å². The molecule has 1 fully saturated rings. The number of hydrogen-bond acceptors (Lipinski definition) is 3. The predicted molar refractivity (Wildman–Crippen MR) is 75.0 cm³/mol. The molecule has 0 bridgehead atoms. The van der Waals surface area contributed by atoms with Crippen LogP contribution < -0.4 is 15.8 Å². The third-order valence-corrected chi connectivity index (χ3v) is 4.13. The highest BCUT2D eigenvalue weighted by Gasteiger charge is 2.43. The minimum atomic E-state index is -2.89. The summed E-state index contributed by atoms with van der Waals surface area (Å²) in [5.74, 6) is -0.0358. The molecular weight excluding hydrogens is 278 g/mol. The first kappa shape index (κ1) is 15.7. The number of ether oxygens (including phenoxy) is 1. The topological polar surface area (TPSA) is 64.4 Å². The lowest BCUT2D eigenvalue weighted by Crippen LogP contribution is -2.50. The van der Waals surface area contributed by atoms with Gasteiger partial charge in [-0.1, -0.05) is 24.6 Å². The quantitative estimate of drug-likeness (QED) is 0.848. The minimum Gasteiger partial charge on any atom is -0.434 e. The molecule has 1 aliphatic rings. The van der Waals surface area contributed by atoms with E-state index in [1.807, 2.05) is 0 Å². The number of nitrogens with two attached hydrogens (primary N) is 1. The SMILES string of the molecule is CC(NC(=O)C1(CN)CCC1)c1ccccc1OC(F)F. The van der Waals surface area contributed by atoms with Crippen LogP contribution in [0, 0.1) is 5.41 Å². The average molecular weight is 298 g/mol. The maximum Gasteiger partial charge on any atom is 0.387 e. The van der Waals surface area contributed by atoms with Gasteiger partial charge in [-0.05, 0) is 25.8 Å². The normalized spacial score (nSPS) is 18.0. The molecule has 1 aliphatic carbocycles. The Morgan fingerprint density at radius 2 is 2.10 bits per heavy atom. The van der Waals surface area contributed by atoms with Crippen LogP contribution in [-0.4, -0.2) is 19.1 Å². The summed E-state index contributed by atoms with van der Waals surface area (Å²) in [6.07, 6.45) is 2.54. The zero-order valence-corrected chi connectivity index (χ0v) is 11.9. The first-order chi connectivity index (χ1) is 9.98. The minimum absolute atomic E-state index is 0.0794. The number of carbonyl (C=O) groups is 1. The van der Waals surface area contributed by atoms with Crippen molar-refractivity contribution >= 4 is 5.91 Å². The van der Waals surface area contributed by atoms with E-state index in [2.05, 4.69) is 10.1 Å². The highest BCUT2D eigenvalue weighted by molar-refractivity contribution is 5.84. The van der Waals surface area contributed by atoms with Gasteiger partial charge in [0.1, 0.15) is 5.75 Å². The van der Waals surface area contributed by atoms with Crippen molar-refractivity contribution in [3.05, 3.63) is 29.8 Å². The Morgan fingerprint density at radius 3 is 2.62 bits per heavy atom. The predicted octanol–water partition coefficient (Wildman–Crippen LogP) is 2.59. The molecule has 116 valence electrons. The number of carbonyl (C=O) groups excluding carboxylic acids is 1. The summed E-state index contributed by atoms with van der Waals surface area (Å²) in [4.78, 5) is 12.3. The Hall–Kier alpha value is -1.69. The Kier molecular flexibility index (Phi) is 4.77. The van der Waals surface area contributed by atoms with Gasteiger partial charge in [-0.2, -0.15) is 8.78 Å². The number of alkyl halides is 2. The zero-order valence-electron chi connectivity index (χ0n) is 11.9. The fraction of sp³-hybridized carbons (Fsp3) is 0.533. The van der Waals surface area contributed by atoms with Gasteiger partial charge in [-0.3, -0.25) is 4.79 Å². The maximum atomic E-state index is 12.4. The molecular formula is C15H20F2N2O2. The Morgan fingerprint density at radius 1 is 1.43 bits per heavy atom. The Labute approximate surface area is 122 Å². The highest BCUT2D eigenvalue weighted by Crippen LogP contribution is 2.40. The molecule has 1 atom stereocenters. The van der Waals surface area contributed by atoms with E-state index in [1.54, 1.807) is 25.1 Å². The zero-order chi connectivity index (χ0) is 15.5. The summed E-state index contributed by atoms with van der Waals surface area (Å²) in [6.45, 7) is -0.842. The summed E-state index contributed by atoms with van der Waals surface area (Å²) >= 11 is 0. The Balaban J connectivity index is 2.10. The molecule has 3 N–H and O–H groups in total. The molecule has 6 heteroatoms. The molecule has 1 amide bonds. The van der Waals surface area contributed by atoms with Crippen LogP contribution in [0.2, 0.25) is 0 Å². The van der Waals surface area contributed by atoms with Gasteiger partial charge >= 0.3 is 6.61 Å². The van der Waals surface area contributed by atoms with Gasteiger partial charge in [0.15, 0.2) is 0 Å². The lowest BCUT2D eigenvalue weighted by molar-refractivity contribution is -0.135. The largest absolute Gasteiger partial charge is 0.434 e. The second-order valence-corrected chi connectivity index (χ2v) is 5.45. The van der Waals surface area contributed by atoms with E-state index in [0.717, 1.165) is 19.3 Å². The van der Waals surface area contributed by atoms with Crippen LogP contribution in [-0.2, 0) is 4.79 Å². The molecule has 1 aromatic carbocycles. The number of hydrogen-bond donors (Lipinski definition) is 2. The van der Waals surface area contributed by atoms with E-state index < -0.39 is 18.1 Å². The van der Waals surface area contributed by atoms with Crippen molar-refractivity contribution in [3.8, 4) is 5.75 Å². The van der Waals surface area contributed by atoms with Crippen LogP contribution in [0.4, 0.5) is 8.78 Å². The smallest absolute Gasteiger partial charge is 0.387 e. The van der Waals surface area contributed by atoms with Crippen molar-refractivity contribution in [1.29, 1.82) is 0 Å². The number of halogens is 2. The van der Waals surface area contributed by atoms with Crippen molar-refractivity contribution in [3.63, 3.8) is 0 Å². The number of amides is 1. The molecule has 0 radical (unpaired) electrons. The van der Waals surface area contributed by atoms with E-state index in [1.165, 1.54) is 6.07 Å². The summed E-state index contributed by atoms with van der Waals surface area (Å²) in [5.41, 5.74) is 5.73. The molecule has 0 spiro atoms. The fourth-order valence-electron chi connectivity index (χ4n) is 2.60. The lowest BCUT2D eigenvalue weighted by atomic mass is 9.68. The summed E-state index contributed by atoms with van der Waals surface area (Å²) in [6, 6.07) is 6.04. The number of benzene rings is 1. The van der Waals surface area contributed by atoms with Crippen molar-refractivity contribution in [2.45, 2.75) is 38.8 Å². The molecule has 0 aliphatic heterocycles. The molecule has 1 saturated carbocycles. The summed E-state index contributed by atoms with van der Waals surface area (Å²) in [5, 5.41) is 2.86. The van der Waals surface area contributed by atoms with Crippen molar-refractivity contribution < 1.29 is 18.3 Å². The van der Waals surface area contributed by atoms with E-state index in [0.29, 0.717) is 12.1 Å². The lowest BCUT2D eigenvalue weighted by Gasteiger charge is -2.40. The van der Waals surface area contributed by atoms with Crippen molar-refractivity contribution in [1.82, 2.24) is 5.32 Å². The first-order valence-corrected chi connectivity index (χ1v) is 7.03.